The molecule has 3 fully saturated rings. The van der Waals surface area contributed by atoms with E-state index < -0.39 is 41.6 Å². The first-order valence-electron chi connectivity index (χ1n) is 7.94. The number of nitrogens with zero attached hydrogens (tertiary/aromatic N) is 1. The maximum atomic E-state index is 13.0. The normalized spacial score (nSPS) is 43.0. The lowest BCUT2D eigenvalue weighted by atomic mass is 9.46. The van der Waals surface area contributed by atoms with Crippen LogP contribution in [0.4, 0.5) is 13.2 Å². The molecule has 0 bridgehead atoms. The second kappa shape index (κ2) is 4.83. The number of aliphatic hydroxyl groups is 1. The van der Waals surface area contributed by atoms with Crippen molar-refractivity contribution in [3.05, 3.63) is 0 Å². The van der Waals surface area contributed by atoms with E-state index >= 15 is 0 Å². The molecule has 0 spiro atoms. The summed E-state index contributed by atoms with van der Waals surface area (Å²) in [4.78, 5) is 14.0. The van der Waals surface area contributed by atoms with E-state index in [1.807, 2.05) is 13.8 Å². The van der Waals surface area contributed by atoms with Crippen LogP contribution in [0.15, 0.2) is 0 Å². The van der Waals surface area contributed by atoms with Gasteiger partial charge in [0.05, 0.1) is 12.6 Å². The van der Waals surface area contributed by atoms with Gasteiger partial charge >= 0.3 is 6.18 Å². The number of likely N-dealkylation sites (tertiary alicyclic amines) is 1. The predicted molar refractivity (Wildman–Crippen MR) is 75.4 cm³/mol. The summed E-state index contributed by atoms with van der Waals surface area (Å²) in [6.07, 6.45) is -3.89. The molecule has 0 aromatic heterocycles. The largest absolute Gasteiger partial charge is 0.419 e. The molecule has 3 rings (SSSR count). The smallest absolute Gasteiger partial charge is 0.379 e. The molecule has 2 aliphatic heterocycles. The van der Waals surface area contributed by atoms with E-state index in [2.05, 4.69) is 0 Å². The zero-order valence-electron chi connectivity index (χ0n) is 13.3. The van der Waals surface area contributed by atoms with Crippen LogP contribution in [0, 0.1) is 11.3 Å². The van der Waals surface area contributed by atoms with Crippen molar-refractivity contribution in [2.24, 2.45) is 17.1 Å². The lowest BCUT2D eigenvalue weighted by Crippen LogP contribution is -2.82. The highest BCUT2D eigenvalue weighted by molar-refractivity contribution is 5.90. The van der Waals surface area contributed by atoms with E-state index in [1.54, 1.807) is 0 Å². The number of carbonyl (C=O) groups is 1. The van der Waals surface area contributed by atoms with Crippen molar-refractivity contribution in [2.75, 3.05) is 19.7 Å². The molecule has 5 nitrogen and oxygen atoms in total. The Morgan fingerprint density at radius 2 is 2.04 bits per heavy atom. The molecule has 2 saturated heterocycles. The fourth-order valence-corrected chi connectivity index (χ4v) is 4.47. The van der Waals surface area contributed by atoms with Gasteiger partial charge in [0.15, 0.2) is 5.60 Å². The van der Waals surface area contributed by atoms with Crippen molar-refractivity contribution in [1.82, 2.24) is 4.90 Å². The molecule has 1 aliphatic carbocycles. The average Bonchev–Trinajstić information content (AvgIpc) is 2.89. The first-order valence-corrected chi connectivity index (χ1v) is 7.94. The second-order valence-electron chi connectivity index (χ2n) is 7.64. The van der Waals surface area contributed by atoms with Crippen molar-refractivity contribution < 1.29 is 27.8 Å². The van der Waals surface area contributed by atoms with Crippen molar-refractivity contribution in [3.63, 3.8) is 0 Å². The van der Waals surface area contributed by atoms with Crippen LogP contribution in [0.3, 0.4) is 0 Å². The monoisotopic (exact) mass is 336 g/mol. The minimum atomic E-state index is -4.75. The van der Waals surface area contributed by atoms with Crippen molar-refractivity contribution >= 4 is 5.91 Å². The van der Waals surface area contributed by atoms with Crippen LogP contribution >= 0.6 is 0 Å². The molecule has 4 unspecified atom stereocenters. The van der Waals surface area contributed by atoms with Gasteiger partial charge in [0.2, 0.25) is 5.91 Å². The zero-order chi connectivity index (χ0) is 17.3. The zero-order valence-corrected chi connectivity index (χ0v) is 13.3. The summed E-state index contributed by atoms with van der Waals surface area (Å²) < 4.78 is 44.6. The minimum absolute atomic E-state index is 0.137. The molecular weight excluding hydrogens is 313 g/mol. The molecule has 4 atom stereocenters. The van der Waals surface area contributed by atoms with Crippen molar-refractivity contribution in [1.29, 1.82) is 0 Å². The lowest BCUT2D eigenvalue weighted by molar-refractivity contribution is -0.255. The summed E-state index contributed by atoms with van der Waals surface area (Å²) in [7, 11) is 0. The third kappa shape index (κ3) is 2.07. The van der Waals surface area contributed by atoms with E-state index in [4.69, 9.17) is 10.5 Å². The Labute approximate surface area is 132 Å². The van der Waals surface area contributed by atoms with Crippen LogP contribution in [-0.2, 0) is 9.53 Å². The van der Waals surface area contributed by atoms with Crippen molar-refractivity contribution in [3.8, 4) is 0 Å². The van der Waals surface area contributed by atoms with Gasteiger partial charge in [-0.3, -0.25) is 4.79 Å². The van der Waals surface area contributed by atoms with Gasteiger partial charge in [-0.1, -0.05) is 13.8 Å². The topological polar surface area (TPSA) is 75.8 Å². The van der Waals surface area contributed by atoms with Crippen LogP contribution < -0.4 is 5.73 Å². The molecule has 2 heterocycles. The Kier molecular flexibility index (Phi) is 3.56. The maximum Gasteiger partial charge on any atom is 0.419 e. The van der Waals surface area contributed by atoms with E-state index in [0.717, 1.165) is 17.7 Å². The van der Waals surface area contributed by atoms with E-state index in [0.29, 0.717) is 6.61 Å². The van der Waals surface area contributed by atoms with Crippen LogP contribution in [0.25, 0.3) is 0 Å². The number of nitrogens with two attached hydrogens (primary N) is 1. The third-order valence-electron chi connectivity index (χ3n) is 6.10. The molecule has 0 aromatic carbocycles. The van der Waals surface area contributed by atoms with Gasteiger partial charge < -0.3 is 20.5 Å². The molecule has 0 aromatic rings. The average molecular weight is 336 g/mol. The van der Waals surface area contributed by atoms with E-state index in [1.165, 1.54) is 0 Å². The molecule has 23 heavy (non-hydrogen) atoms. The number of alkyl halides is 3. The third-order valence-corrected chi connectivity index (χ3v) is 6.10. The SMILES string of the molecule is CC1(C)C2OCCCC2C1(N)C(=O)N1CCC(O)(C(F)(F)F)C1. The minimum Gasteiger partial charge on any atom is -0.379 e. The van der Waals surface area contributed by atoms with Crippen LogP contribution in [0.2, 0.25) is 0 Å². The van der Waals surface area contributed by atoms with Crippen molar-refractivity contribution in [2.45, 2.75) is 56.5 Å². The summed E-state index contributed by atoms with van der Waals surface area (Å²) in [5, 5.41) is 9.78. The van der Waals surface area contributed by atoms with Gasteiger partial charge in [-0.05, 0) is 12.8 Å². The molecule has 0 radical (unpaired) electrons. The van der Waals surface area contributed by atoms with Gasteiger partial charge in [-0.25, -0.2) is 0 Å². The van der Waals surface area contributed by atoms with Gasteiger partial charge in [0, 0.05) is 30.9 Å². The van der Waals surface area contributed by atoms with Crippen LogP contribution in [0.1, 0.15) is 33.1 Å². The molecule has 3 aliphatic rings. The Balaban J connectivity index is 1.81. The van der Waals surface area contributed by atoms with Crippen LogP contribution in [-0.4, -0.2) is 59.0 Å². The number of rotatable bonds is 1. The molecule has 132 valence electrons. The first kappa shape index (κ1) is 17.0. The van der Waals surface area contributed by atoms with E-state index in [9.17, 15) is 23.1 Å². The summed E-state index contributed by atoms with van der Waals surface area (Å²) in [5.74, 6) is -0.687. The van der Waals surface area contributed by atoms with Gasteiger partial charge in [0.25, 0.3) is 0 Å². The maximum absolute atomic E-state index is 13.0. The van der Waals surface area contributed by atoms with E-state index in [-0.39, 0.29) is 18.6 Å². The standard InChI is InChI=1S/C15H23F3N2O3/c1-12(2)10-9(4-3-7-23-10)14(12,19)11(21)20-6-5-13(22,8-20)15(16,17)18/h9-10,22H,3-8,19H2,1-2H3. The Morgan fingerprint density at radius 3 is 2.61 bits per heavy atom. The quantitative estimate of drug-likeness (QED) is 0.750. The van der Waals surface area contributed by atoms with Gasteiger partial charge in [-0.2, -0.15) is 13.2 Å². The fraction of sp³-hybridized carbons (Fsp3) is 0.933. The predicted octanol–water partition coefficient (Wildman–Crippen LogP) is 1.04. The molecule has 1 amide bonds. The Hall–Kier alpha value is -0.860. The molecule has 3 N–H and O–H groups in total. The summed E-state index contributed by atoms with van der Waals surface area (Å²) in [6.45, 7) is 3.38. The van der Waals surface area contributed by atoms with Gasteiger partial charge in [0.1, 0.15) is 5.54 Å². The van der Waals surface area contributed by atoms with Crippen LogP contribution in [0.5, 0.6) is 0 Å². The highest BCUT2D eigenvalue weighted by Crippen LogP contribution is 2.58. The second-order valence-corrected chi connectivity index (χ2v) is 7.64. The number of β-amino-alcohol motifs (C(OH)–C–C–N with tert-alkyl or cyclic N) is 1. The summed E-state index contributed by atoms with van der Waals surface area (Å²) in [5.41, 5.74) is 1.70. The number of halogens is 3. The highest BCUT2D eigenvalue weighted by Gasteiger charge is 2.72. The number of ether oxygens (including phenoxy) is 1. The lowest BCUT2D eigenvalue weighted by Gasteiger charge is -2.65. The van der Waals surface area contributed by atoms with Gasteiger partial charge in [-0.15, -0.1) is 0 Å². The summed E-state index contributed by atoms with van der Waals surface area (Å²) in [6, 6.07) is 0. The molecule has 8 heteroatoms. The molecule has 1 saturated carbocycles. The summed E-state index contributed by atoms with van der Waals surface area (Å²) >= 11 is 0. The number of carbonyl (C=O) groups excluding carboxylic acids is 1. The highest BCUT2D eigenvalue weighted by atomic mass is 19.4. The number of hydrogen-bond donors (Lipinski definition) is 2. The Bertz CT molecular complexity index is 525. The number of fused-ring (bicyclic) bond motifs is 1. The number of amides is 1. The first-order chi connectivity index (χ1) is 10.5. The fourth-order valence-electron chi connectivity index (χ4n) is 4.47. The Morgan fingerprint density at radius 1 is 1.39 bits per heavy atom. The number of hydrogen-bond acceptors (Lipinski definition) is 4. The molecular formula is C15H23F3N2O3.